The zero-order valence-corrected chi connectivity index (χ0v) is 4.16. The molecule has 4 heteroatoms. The third-order valence-electron chi connectivity index (χ3n) is 0.767. The molecular weight excluding hydrogens is 106 g/mol. The van der Waals surface area contributed by atoms with Crippen molar-refractivity contribution in [3.05, 3.63) is 12.3 Å². The Morgan fingerprint density at radius 1 is 1.88 bits per heavy atom. The van der Waals surface area contributed by atoms with Gasteiger partial charge in [-0.1, -0.05) is 0 Å². The molecule has 0 aliphatic carbocycles. The van der Waals surface area contributed by atoms with Gasteiger partial charge in [0.25, 0.3) is 0 Å². The Hall–Kier alpha value is -1.03. The van der Waals surface area contributed by atoms with Crippen molar-refractivity contribution >= 4 is 6.02 Å². The highest BCUT2D eigenvalue weighted by Crippen LogP contribution is 1.86. The third-order valence-corrected chi connectivity index (χ3v) is 0.767. The summed E-state index contributed by atoms with van der Waals surface area (Å²) in [5, 5.41) is 12.6. The fourth-order valence-corrected chi connectivity index (χ4v) is 0.434. The summed E-state index contributed by atoms with van der Waals surface area (Å²) in [6.07, 6.45) is 2.63. The molecule has 0 radical (unpaired) electrons. The lowest BCUT2D eigenvalue weighted by Crippen LogP contribution is -2.37. The van der Waals surface area contributed by atoms with Crippen molar-refractivity contribution in [2.75, 3.05) is 0 Å². The van der Waals surface area contributed by atoms with E-state index in [1.807, 2.05) is 0 Å². The minimum absolute atomic E-state index is 0.375. The van der Waals surface area contributed by atoms with E-state index in [9.17, 15) is 5.11 Å². The lowest BCUT2D eigenvalue weighted by Gasteiger charge is -2.15. The molecule has 0 bridgehead atoms. The van der Waals surface area contributed by atoms with Crippen LogP contribution < -0.4 is 16.2 Å². The summed E-state index contributed by atoms with van der Waals surface area (Å²) < 4.78 is 0. The number of nitrogens with zero attached hydrogens (tertiary/aromatic N) is 1. The third kappa shape index (κ3) is 0.974. The predicted molar refractivity (Wildman–Crippen MR) is 27.7 cm³/mol. The van der Waals surface area contributed by atoms with E-state index < -0.39 is 6.17 Å². The van der Waals surface area contributed by atoms with Gasteiger partial charge in [0.15, 0.2) is 0 Å². The summed E-state index contributed by atoms with van der Waals surface area (Å²) in [4.78, 5) is 3.42. The van der Waals surface area contributed by atoms with Crippen LogP contribution in [0.1, 0.15) is 0 Å². The molecule has 0 spiro atoms. The summed E-state index contributed by atoms with van der Waals surface area (Å²) in [5.74, 6) is 0. The van der Waals surface area contributed by atoms with Gasteiger partial charge in [0, 0.05) is 6.20 Å². The van der Waals surface area contributed by atoms with Gasteiger partial charge in [0.1, 0.15) is 6.17 Å². The van der Waals surface area contributed by atoms with E-state index >= 15 is 0 Å². The molecule has 0 aromatic carbocycles. The molecule has 0 amide bonds. The van der Waals surface area contributed by atoms with Crippen LogP contribution in [0.3, 0.4) is 0 Å². The van der Waals surface area contributed by atoms with Crippen LogP contribution in [-0.4, -0.2) is 12.2 Å². The van der Waals surface area contributed by atoms with Gasteiger partial charge in [-0.25, -0.2) is 0 Å². The minimum atomic E-state index is -0.455. The van der Waals surface area contributed by atoms with E-state index in [1.54, 1.807) is 6.08 Å². The smallest absolute Gasteiger partial charge is 0.118 e. The molecule has 8 heavy (non-hydrogen) atoms. The van der Waals surface area contributed by atoms with Crippen molar-refractivity contribution in [2.45, 2.75) is 6.17 Å². The molecule has 1 unspecified atom stereocenters. The quantitative estimate of drug-likeness (QED) is 0.384. The normalized spacial score (nSPS) is 26.6. The molecule has 0 fully saturated rings. The van der Waals surface area contributed by atoms with Crippen LogP contribution in [0.4, 0.5) is 0 Å². The first kappa shape index (κ1) is 5.11. The first-order valence-electron chi connectivity index (χ1n) is 2.22. The van der Waals surface area contributed by atoms with Crippen molar-refractivity contribution in [2.24, 2.45) is 10.7 Å². The molecule has 1 rings (SSSR count). The van der Waals surface area contributed by atoms with Crippen LogP contribution >= 0.6 is 0 Å². The second-order valence-electron chi connectivity index (χ2n) is 1.43. The van der Waals surface area contributed by atoms with Gasteiger partial charge in [-0.05, 0) is 6.08 Å². The highest BCUT2D eigenvalue weighted by atomic mass is 16.3. The van der Waals surface area contributed by atoms with Gasteiger partial charge in [0.2, 0.25) is 0 Å². The number of nitrogens with two attached hydrogens (primary N) is 1. The number of hydrogen-bond acceptors (Lipinski definition) is 4. The minimum Gasteiger partial charge on any atom is -0.846 e. The van der Waals surface area contributed by atoms with Crippen LogP contribution in [0, 0.1) is 0 Å². The number of rotatable bonds is 0. The van der Waals surface area contributed by atoms with E-state index in [0.29, 0.717) is 0 Å². The van der Waals surface area contributed by atoms with Crippen molar-refractivity contribution in [3.63, 3.8) is 0 Å². The van der Waals surface area contributed by atoms with Crippen LogP contribution in [-0.2, 0) is 0 Å². The molecule has 1 heterocycles. The van der Waals surface area contributed by atoms with Crippen molar-refractivity contribution < 1.29 is 5.11 Å². The van der Waals surface area contributed by atoms with Gasteiger partial charge in [0.05, 0.1) is 6.02 Å². The maximum atomic E-state index is 10.3. The molecule has 1 aliphatic heterocycles. The summed E-state index contributed by atoms with van der Waals surface area (Å²) in [6, 6.07) is -0.375. The average Bonchev–Trinajstić information content (AvgIpc) is 1.64. The number of amidine groups is 1. The zero-order chi connectivity index (χ0) is 5.98. The second kappa shape index (κ2) is 1.83. The standard InChI is InChI=1S/C4H7N3O/c5-3-1-2-6-4(8)7-3/h1-3H,5H2,(H2,6,7,8)/p-1. The fraction of sp³-hybridized carbons (Fsp3) is 0.250. The van der Waals surface area contributed by atoms with E-state index in [1.165, 1.54) is 6.20 Å². The van der Waals surface area contributed by atoms with Crippen LogP contribution in [0.15, 0.2) is 17.3 Å². The number of nitrogens with one attached hydrogen (secondary N) is 1. The van der Waals surface area contributed by atoms with Gasteiger partial charge >= 0.3 is 0 Å². The zero-order valence-electron chi connectivity index (χ0n) is 4.16. The van der Waals surface area contributed by atoms with Crippen LogP contribution in [0.5, 0.6) is 0 Å². The molecule has 0 saturated carbocycles. The monoisotopic (exact) mass is 112 g/mol. The van der Waals surface area contributed by atoms with Crippen LogP contribution in [0.2, 0.25) is 0 Å². The Bertz CT molecular complexity index is 140. The predicted octanol–water partition coefficient (Wildman–Crippen LogP) is -1.90. The topological polar surface area (TPSA) is 73.5 Å². The molecule has 0 saturated heterocycles. The second-order valence-corrected chi connectivity index (χ2v) is 1.43. The average molecular weight is 112 g/mol. The SMILES string of the molecule is NC1C=CNC([O-])=N1. The molecule has 44 valence electrons. The Labute approximate surface area is 46.7 Å². The largest absolute Gasteiger partial charge is 0.846 e. The molecule has 4 nitrogen and oxygen atoms in total. The van der Waals surface area contributed by atoms with Crippen LogP contribution in [0.25, 0.3) is 0 Å². The van der Waals surface area contributed by atoms with Gasteiger partial charge < -0.3 is 16.2 Å². The lowest BCUT2D eigenvalue weighted by atomic mass is 10.5. The maximum absolute atomic E-state index is 10.3. The molecule has 3 N–H and O–H groups in total. The van der Waals surface area contributed by atoms with Crippen molar-refractivity contribution in [1.82, 2.24) is 5.32 Å². The highest BCUT2D eigenvalue weighted by Gasteiger charge is 1.93. The van der Waals surface area contributed by atoms with Gasteiger partial charge in [-0.3, -0.25) is 4.99 Å². The Morgan fingerprint density at radius 2 is 2.62 bits per heavy atom. The maximum Gasteiger partial charge on any atom is 0.118 e. The molecule has 0 aromatic heterocycles. The summed E-state index contributed by atoms with van der Waals surface area (Å²) in [6.45, 7) is 0. The molecular formula is C4H6N3O-. The summed E-state index contributed by atoms with van der Waals surface area (Å²) >= 11 is 0. The summed E-state index contributed by atoms with van der Waals surface area (Å²) in [7, 11) is 0. The Balaban J connectivity index is 2.60. The Kier molecular flexibility index (Phi) is 1.17. The lowest BCUT2D eigenvalue weighted by molar-refractivity contribution is -0.221. The number of aliphatic imine (C=N–C) groups is 1. The molecule has 1 atom stereocenters. The van der Waals surface area contributed by atoms with Crippen molar-refractivity contribution in [1.29, 1.82) is 0 Å². The van der Waals surface area contributed by atoms with E-state index in [-0.39, 0.29) is 6.02 Å². The highest BCUT2D eigenvalue weighted by molar-refractivity contribution is 5.71. The van der Waals surface area contributed by atoms with E-state index in [4.69, 9.17) is 5.73 Å². The van der Waals surface area contributed by atoms with E-state index in [2.05, 4.69) is 10.3 Å². The first-order valence-corrected chi connectivity index (χ1v) is 2.22. The molecule has 0 aromatic rings. The Morgan fingerprint density at radius 3 is 3.00 bits per heavy atom. The first-order chi connectivity index (χ1) is 3.79. The fourth-order valence-electron chi connectivity index (χ4n) is 0.434. The van der Waals surface area contributed by atoms with Gasteiger partial charge in [-0.15, -0.1) is 0 Å². The molecule has 1 aliphatic rings. The van der Waals surface area contributed by atoms with Crippen molar-refractivity contribution in [3.8, 4) is 0 Å². The van der Waals surface area contributed by atoms with E-state index in [0.717, 1.165) is 0 Å². The van der Waals surface area contributed by atoms with Gasteiger partial charge in [-0.2, -0.15) is 0 Å². The summed E-state index contributed by atoms with van der Waals surface area (Å²) in [5.41, 5.74) is 5.21. The number of hydrogen-bond donors (Lipinski definition) is 2.